The maximum absolute atomic E-state index is 12.1. The molecule has 0 saturated carbocycles. The van der Waals surface area contributed by atoms with Crippen molar-refractivity contribution in [3.63, 3.8) is 0 Å². The Hall–Kier alpha value is -2.36. The molecule has 0 spiro atoms. The molecule has 1 aromatic carbocycles. The Bertz CT molecular complexity index is 627. The maximum atomic E-state index is 12.1. The molecule has 0 atom stereocenters. The van der Waals surface area contributed by atoms with Crippen LogP contribution in [0.25, 0.3) is 0 Å². The molecule has 0 unspecified atom stereocenters. The molecule has 1 amide bonds. The number of carbonyl (C=O) groups is 1. The third-order valence-electron chi connectivity index (χ3n) is 3.10. The van der Waals surface area contributed by atoms with Gasteiger partial charge in [-0.2, -0.15) is 5.10 Å². The molecule has 21 heavy (non-hydrogen) atoms. The summed E-state index contributed by atoms with van der Waals surface area (Å²) in [5.41, 5.74) is 5.03. The lowest BCUT2D eigenvalue weighted by molar-refractivity contribution is 0.0953. The number of hydrogen-bond acceptors (Lipinski definition) is 3. The second-order valence-electron chi connectivity index (χ2n) is 5.35. The van der Waals surface area contributed by atoms with E-state index in [1.807, 2.05) is 30.3 Å². The number of nitrogens with one attached hydrogen (secondary N) is 1. The summed E-state index contributed by atoms with van der Waals surface area (Å²) in [5, 5.41) is 4.31. The SMILES string of the molecule is Cc1occc1C(=O)N/N=C(/CC(C)C)c1ccccc1. The highest BCUT2D eigenvalue weighted by atomic mass is 16.3. The molecule has 0 aliphatic heterocycles. The van der Waals surface area contributed by atoms with Crippen molar-refractivity contribution in [3.05, 3.63) is 59.5 Å². The predicted octanol–water partition coefficient (Wildman–Crippen LogP) is 3.77. The first-order valence-corrected chi connectivity index (χ1v) is 7.04. The molecule has 0 fully saturated rings. The second kappa shape index (κ2) is 6.88. The molecule has 1 aromatic heterocycles. The molecule has 4 heteroatoms. The standard InChI is InChI=1S/C17H20N2O2/c1-12(2)11-16(14-7-5-4-6-8-14)18-19-17(20)15-9-10-21-13(15)3/h4-10,12H,11H2,1-3H3,(H,19,20)/b18-16-. The van der Waals surface area contributed by atoms with Gasteiger partial charge in [-0.15, -0.1) is 0 Å². The fraction of sp³-hybridized carbons (Fsp3) is 0.294. The van der Waals surface area contributed by atoms with E-state index in [0.717, 1.165) is 17.7 Å². The Morgan fingerprint density at radius 3 is 2.52 bits per heavy atom. The van der Waals surface area contributed by atoms with Crippen molar-refractivity contribution in [3.8, 4) is 0 Å². The largest absolute Gasteiger partial charge is 0.469 e. The Morgan fingerprint density at radius 2 is 1.95 bits per heavy atom. The van der Waals surface area contributed by atoms with Gasteiger partial charge >= 0.3 is 0 Å². The van der Waals surface area contributed by atoms with Crippen molar-refractivity contribution in [2.75, 3.05) is 0 Å². The first kappa shape index (κ1) is 15.0. The van der Waals surface area contributed by atoms with Crippen LogP contribution in [-0.2, 0) is 0 Å². The van der Waals surface area contributed by atoms with Gasteiger partial charge in [-0.3, -0.25) is 4.79 Å². The lowest BCUT2D eigenvalue weighted by Crippen LogP contribution is -2.21. The number of rotatable bonds is 5. The topological polar surface area (TPSA) is 54.6 Å². The van der Waals surface area contributed by atoms with Crippen molar-refractivity contribution < 1.29 is 9.21 Å². The molecule has 2 rings (SSSR count). The van der Waals surface area contributed by atoms with E-state index in [9.17, 15) is 4.79 Å². The number of hydrazone groups is 1. The molecule has 0 aliphatic carbocycles. The van der Waals surface area contributed by atoms with E-state index in [1.54, 1.807) is 13.0 Å². The smallest absolute Gasteiger partial charge is 0.274 e. The summed E-state index contributed by atoms with van der Waals surface area (Å²) in [4.78, 5) is 12.1. The van der Waals surface area contributed by atoms with Gasteiger partial charge in [-0.1, -0.05) is 44.2 Å². The molecule has 0 aliphatic rings. The minimum absolute atomic E-state index is 0.251. The monoisotopic (exact) mass is 284 g/mol. The molecular weight excluding hydrogens is 264 g/mol. The molecule has 110 valence electrons. The zero-order valence-electron chi connectivity index (χ0n) is 12.6. The molecule has 0 bridgehead atoms. The summed E-state index contributed by atoms with van der Waals surface area (Å²) in [5.74, 6) is 0.794. The third-order valence-corrected chi connectivity index (χ3v) is 3.10. The number of hydrogen-bond donors (Lipinski definition) is 1. The normalized spacial score (nSPS) is 11.7. The average Bonchev–Trinajstić information content (AvgIpc) is 2.90. The van der Waals surface area contributed by atoms with Crippen LogP contribution in [-0.4, -0.2) is 11.6 Å². The van der Waals surface area contributed by atoms with E-state index >= 15 is 0 Å². The van der Waals surface area contributed by atoms with Gasteiger partial charge in [-0.05, 0) is 30.9 Å². The molecule has 1 N–H and O–H groups in total. The molecule has 0 radical (unpaired) electrons. The second-order valence-corrected chi connectivity index (χ2v) is 5.35. The van der Waals surface area contributed by atoms with Crippen LogP contribution in [0.4, 0.5) is 0 Å². The first-order chi connectivity index (χ1) is 10.1. The Kier molecular flexibility index (Phi) is 4.93. The maximum Gasteiger partial charge on any atom is 0.274 e. The minimum atomic E-state index is -0.251. The van der Waals surface area contributed by atoms with Gasteiger partial charge in [0.15, 0.2) is 0 Å². The number of carbonyl (C=O) groups excluding carboxylic acids is 1. The number of nitrogens with zero attached hydrogens (tertiary/aromatic N) is 1. The van der Waals surface area contributed by atoms with E-state index in [1.165, 1.54) is 6.26 Å². The third kappa shape index (κ3) is 4.05. The summed E-state index contributed by atoms with van der Waals surface area (Å²) >= 11 is 0. The van der Waals surface area contributed by atoms with Crippen LogP contribution in [0.15, 0.2) is 52.2 Å². The van der Waals surface area contributed by atoms with E-state index < -0.39 is 0 Å². The van der Waals surface area contributed by atoms with Gasteiger partial charge in [0.2, 0.25) is 0 Å². The molecule has 2 aromatic rings. The van der Waals surface area contributed by atoms with Crippen LogP contribution >= 0.6 is 0 Å². The Morgan fingerprint density at radius 1 is 1.24 bits per heavy atom. The first-order valence-electron chi connectivity index (χ1n) is 7.04. The lowest BCUT2D eigenvalue weighted by Gasteiger charge is -2.09. The lowest BCUT2D eigenvalue weighted by atomic mass is 10.0. The van der Waals surface area contributed by atoms with Crippen LogP contribution in [0.3, 0.4) is 0 Å². The Balaban J connectivity index is 2.17. The fourth-order valence-electron chi connectivity index (χ4n) is 2.04. The summed E-state index contributed by atoms with van der Waals surface area (Å²) in [6, 6.07) is 11.5. The fourth-order valence-corrected chi connectivity index (χ4v) is 2.04. The van der Waals surface area contributed by atoms with Crippen molar-refractivity contribution in [1.82, 2.24) is 5.43 Å². The number of aryl methyl sites for hydroxylation is 1. The summed E-state index contributed by atoms with van der Waals surface area (Å²) < 4.78 is 5.13. The van der Waals surface area contributed by atoms with E-state index in [0.29, 0.717) is 17.2 Å². The van der Waals surface area contributed by atoms with Crippen LogP contribution in [0.2, 0.25) is 0 Å². The van der Waals surface area contributed by atoms with Crippen molar-refractivity contribution in [2.45, 2.75) is 27.2 Å². The highest BCUT2D eigenvalue weighted by Crippen LogP contribution is 2.11. The zero-order valence-corrected chi connectivity index (χ0v) is 12.6. The van der Waals surface area contributed by atoms with Crippen LogP contribution in [0.5, 0.6) is 0 Å². The quantitative estimate of drug-likeness (QED) is 0.671. The number of benzene rings is 1. The van der Waals surface area contributed by atoms with Crippen LogP contribution in [0, 0.1) is 12.8 Å². The van der Waals surface area contributed by atoms with E-state index in [2.05, 4.69) is 24.4 Å². The van der Waals surface area contributed by atoms with E-state index in [-0.39, 0.29) is 5.91 Å². The van der Waals surface area contributed by atoms with Crippen molar-refractivity contribution in [2.24, 2.45) is 11.0 Å². The van der Waals surface area contributed by atoms with Crippen molar-refractivity contribution in [1.29, 1.82) is 0 Å². The van der Waals surface area contributed by atoms with Gasteiger partial charge in [-0.25, -0.2) is 5.43 Å². The zero-order chi connectivity index (χ0) is 15.2. The van der Waals surface area contributed by atoms with Crippen LogP contribution in [0.1, 0.15) is 41.9 Å². The summed E-state index contributed by atoms with van der Waals surface area (Å²) in [7, 11) is 0. The minimum Gasteiger partial charge on any atom is -0.469 e. The molecule has 4 nitrogen and oxygen atoms in total. The van der Waals surface area contributed by atoms with Crippen molar-refractivity contribution >= 4 is 11.6 Å². The van der Waals surface area contributed by atoms with Gasteiger partial charge < -0.3 is 4.42 Å². The molecular formula is C17H20N2O2. The van der Waals surface area contributed by atoms with Gasteiger partial charge in [0.05, 0.1) is 17.5 Å². The van der Waals surface area contributed by atoms with Crippen LogP contribution < -0.4 is 5.43 Å². The summed E-state index contributed by atoms with van der Waals surface area (Å²) in [6.45, 7) is 6.01. The highest BCUT2D eigenvalue weighted by molar-refractivity contribution is 6.02. The number of furan rings is 1. The average molecular weight is 284 g/mol. The predicted molar refractivity (Wildman–Crippen MR) is 83.3 cm³/mol. The summed E-state index contributed by atoms with van der Waals surface area (Å²) in [6.07, 6.45) is 2.30. The number of amides is 1. The van der Waals surface area contributed by atoms with Gasteiger partial charge in [0, 0.05) is 0 Å². The van der Waals surface area contributed by atoms with Gasteiger partial charge in [0.25, 0.3) is 5.91 Å². The van der Waals surface area contributed by atoms with E-state index in [4.69, 9.17) is 4.42 Å². The Labute approximate surface area is 124 Å². The van der Waals surface area contributed by atoms with Gasteiger partial charge in [0.1, 0.15) is 5.76 Å². The highest BCUT2D eigenvalue weighted by Gasteiger charge is 2.12. The molecule has 0 saturated heterocycles. The molecule has 1 heterocycles.